The van der Waals surface area contributed by atoms with Gasteiger partial charge in [0.05, 0.1) is 0 Å². The highest BCUT2D eigenvalue weighted by Crippen LogP contribution is 2.23. The molecule has 1 saturated heterocycles. The van der Waals surface area contributed by atoms with Crippen LogP contribution in [0.3, 0.4) is 0 Å². The minimum Gasteiger partial charge on any atom is -0.315 e. The molecule has 1 N–H and O–H groups in total. The zero-order valence-corrected chi connectivity index (χ0v) is 11.0. The van der Waals surface area contributed by atoms with E-state index in [1.165, 1.54) is 23.0 Å². The SMILES string of the molecule is c1ccc(CCNCC2CSCCS2)nc1. The van der Waals surface area contributed by atoms with Gasteiger partial charge >= 0.3 is 0 Å². The monoisotopic (exact) mass is 254 g/mol. The van der Waals surface area contributed by atoms with Crippen LogP contribution >= 0.6 is 23.5 Å². The Bertz CT molecular complexity index is 286. The van der Waals surface area contributed by atoms with E-state index >= 15 is 0 Å². The third-order valence-corrected chi connectivity index (χ3v) is 5.39. The standard InChI is InChI=1S/C12H18N2S2/c1-2-5-14-11(3-1)4-6-13-9-12-10-15-7-8-16-12/h1-3,5,12-13H,4,6-10H2. The number of hydrogen-bond donors (Lipinski definition) is 1. The van der Waals surface area contributed by atoms with Crippen LogP contribution in [0.25, 0.3) is 0 Å². The van der Waals surface area contributed by atoms with Crippen LogP contribution in [0, 0.1) is 0 Å². The Labute approximate surface area is 106 Å². The molecule has 0 saturated carbocycles. The lowest BCUT2D eigenvalue weighted by Crippen LogP contribution is -2.30. The molecule has 1 unspecified atom stereocenters. The highest BCUT2D eigenvalue weighted by atomic mass is 32.2. The Morgan fingerprint density at radius 1 is 1.38 bits per heavy atom. The molecule has 0 amide bonds. The molecule has 1 atom stereocenters. The van der Waals surface area contributed by atoms with Crippen molar-refractivity contribution < 1.29 is 0 Å². The summed E-state index contributed by atoms with van der Waals surface area (Å²) in [6.07, 6.45) is 2.90. The molecule has 88 valence electrons. The molecule has 0 aromatic carbocycles. The van der Waals surface area contributed by atoms with Gasteiger partial charge in [-0.2, -0.15) is 23.5 Å². The zero-order chi connectivity index (χ0) is 11.1. The molecule has 0 radical (unpaired) electrons. The molecule has 2 heterocycles. The highest BCUT2D eigenvalue weighted by Gasteiger charge is 2.13. The van der Waals surface area contributed by atoms with Gasteiger partial charge in [0, 0.05) is 53.9 Å². The maximum Gasteiger partial charge on any atom is 0.0416 e. The highest BCUT2D eigenvalue weighted by molar-refractivity contribution is 8.06. The van der Waals surface area contributed by atoms with E-state index in [1.807, 2.05) is 12.3 Å². The zero-order valence-electron chi connectivity index (χ0n) is 9.39. The lowest BCUT2D eigenvalue weighted by molar-refractivity contribution is 0.675. The largest absolute Gasteiger partial charge is 0.315 e. The Morgan fingerprint density at radius 3 is 3.12 bits per heavy atom. The maximum absolute atomic E-state index is 4.31. The lowest BCUT2D eigenvalue weighted by Gasteiger charge is -2.21. The van der Waals surface area contributed by atoms with Gasteiger partial charge in [-0.15, -0.1) is 0 Å². The smallest absolute Gasteiger partial charge is 0.0416 e. The minimum atomic E-state index is 0.808. The first-order valence-electron chi connectivity index (χ1n) is 5.75. The molecule has 16 heavy (non-hydrogen) atoms. The van der Waals surface area contributed by atoms with Gasteiger partial charge in [0.25, 0.3) is 0 Å². The second kappa shape index (κ2) is 7.20. The van der Waals surface area contributed by atoms with Gasteiger partial charge in [0.15, 0.2) is 0 Å². The fraction of sp³-hybridized carbons (Fsp3) is 0.583. The molecule has 1 aromatic rings. The molecule has 0 bridgehead atoms. The van der Waals surface area contributed by atoms with Crippen molar-refractivity contribution >= 4 is 23.5 Å². The normalized spacial score (nSPS) is 20.9. The molecule has 0 aliphatic carbocycles. The van der Waals surface area contributed by atoms with Crippen molar-refractivity contribution in [2.75, 3.05) is 30.3 Å². The van der Waals surface area contributed by atoms with Crippen LogP contribution in [0.15, 0.2) is 24.4 Å². The van der Waals surface area contributed by atoms with Crippen LogP contribution in [0.1, 0.15) is 5.69 Å². The van der Waals surface area contributed by atoms with E-state index < -0.39 is 0 Å². The molecule has 0 spiro atoms. The van der Waals surface area contributed by atoms with Gasteiger partial charge < -0.3 is 5.32 Å². The van der Waals surface area contributed by atoms with E-state index in [4.69, 9.17) is 0 Å². The van der Waals surface area contributed by atoms with Crippen molar-refractivity contribution in [1.82, 2.24) is 10.3 Å². The minimum absolute atomic E-state index is 0.808. The number of hydrogen-bond acceptors (Lipinski definition) is 4. The van der Waals surface area contributed by atoms with Crippen LogP contribution in [0.4, 0.5) is 0 Å². The summed E-state index contributed by atoms with van der Waals surface area (Å²) in [5, 5.41) is 4.34. The Hall–Kier alpha value is -0.190. The summed E-state index contributed by atoms with van der Waals surface area (Å²) < 4.78 is 0. The van der Waals surface area contributed by atoms with Crippen molar-refractivity contribution in [3.8, 4) is 0 Å². The second-order valence-corrected chi connectivity index (χ2v) is 6.40. The van der Waals surface area contributed by atoms with Crippen molar-refractivity contribution in [2.24, 2.45) is 0 Å². The van der Waals surface area contributed by atoms with Crippen LogP contribution in [0.2, 0.25) is 0 Å². The van der Waals surface area contributed by atoms with Crippen LogP contribution in [-0.2, 0) is 6.42 Å². The number of thioether (sulfide) groups is 2. The Morgan fingerprint density at radius 2 is 2.38 bits per heavy atom. The van der Waals surface area contributed by atoms with Gasteiger partial charge in [-0.25, -0.2) is 0 Å². The van der Waals surface area contributed by atoms with Gasteiger partial charge in [0.2, 0.25) is 0 Å². The number of pyridine rings is 1. The van der Waals surface area contributed by atoms with E-state index in [0.717, 1.165) is 24.8 Å². The first kappa shape index (κ1) is 12.3. The predicted octanol–water partition coefficient (Wildman–Crippen LogP) is 2.06. The van der Waals surface area contributed by atoms with Crippen LogP contribution < -0.4 is 5.32 Å². The third kappa shape index (κ3) is 4.36. The molecule has 1 aliphatic rings. The van der Waals surface area contributed by atoms with Crippen LogP contribution in [-0.4, -0.2) is 40.6 Å². The quantitative estimate of drug-likeness (QED) is 0.813. The average Bonchev–Trinajstić information content (AvgIpc) is 2.37. The maximum atomic E-state index is 4.31. The summed E-state index contributed by atoms with van der Waals surface area (Å²) in [5.41, 5.74) is 1.18. The molecular weight excluding hydrogens is 236 g/mol. The fourth-order valence-electron chi connectivity index (χ4n) is 1.68. The topological polar surface area (TPSA) is 24.9 Å². The van der Waals surface area contributed by atoms with Gasteiger partial charge in [0.1, 0.15) is 0 Å². The van der Waals surface area contributed by atoms with Gasteiger partial charge in [-0.3, -0.25) is 4.98 Å². The van der Waals surface area contributed by atoms with E-state index in [1.54, 1.807) is 0 Å². The first-order valence-corrected chi connectivity index (χ1v) is 7.95. The van der Waals surface area contributed by atoms with Crippen molar-refractivity contribution in [3.63, 3.8) is 0 Å². The van der Waals surface area contributed by atoms with E-state index in [2.05, 4.69) is 46.0 Å². The number of rotatable bonds is 5. The third-order valence-electron chi connectivity index (χ3n) is 2.54. The van der Waals surface area contributed by atoms with Crippen molar-refractivity contribution in [1.29, 1.82) is 0 Å². The summed E-state index contributed by atoms with van der Waals surface area (Å²) in [6, 6.07) is 6.11. The lowest BCUT2D eigenvalue weighted by atomic mass is 10.3. The molecule has 4 heteroatoms. The Balaban J connectivity index is 1.58. The molecular formula is C12H18N2S2. The molecule has 1 aromatic heterocycles. The second-order valence-electron chi connectivity index (χ2n) is 3.84. The van der Waals surface area contributed by atoms with Crippen LogP contribution in [0.5, 0.6) is 0 Å². The summed E-state index contributed by atoms with van der Waals surface area (Å²) >= 11 is 4.19. The van der Waals surface area contributed by atoms with E-state index in [9.17, 15) is 0 Å². The molecule has 2 rings (SSSR count). The molecule has 2 nitrogen and oxygen atoms in total. The summed E-state index contributed by atoms with van der Waals surface area (Å²) in [7, 11) is 0. The van der Waals surface area contributed by atoms with E-state index in [-0.39, 0.29) is 0 Å². The summed E-state index contributed by atoms with van der Waals surface area (Å²) in [6.45, 7) is 2.18. The van der Waals surface area contributed by atoms with Gasteiger partial charge in [-0.1, -0.05) is 6.07 Å². The number of aromatic nitrogens is 1. The average molecular weight is 254 g/mol. The Kier molecular flexibility index (Phi) is 5.52. The number of nitrogens with zero attached hydrogens (tertiary/aromatic N) is 1. The van der Waals surface area contributed by atoms with E-state index in [0.29, 0.717) is 0 Å². The summed E-state index contributed by atoms with van der Waals surface area (Å²) in [5.74, 6) is 3.95. The molecule has 1 aliphatic heterocycles. The fourth-order valence-corrected chi connectivity index (χ4v) is 4.33. The predicted molar refractivity (Wildman–Crippen MR) is 74.4 cm³/mol. The van der Waals surface area contributed by atoms with Crippen molar-refractivity contribution in [2.45, 2.75) is 11.7 Å². The summed E-state index contributed by atoms with van der Waals surface area (Å²) in [4.78, 5) is 4.31. The van der Waals surface area contributed by atoms with Gasteiger partial charge in [-0.05, 0) is 12.1 Å². The molecule has 1 fully saturated rings. The first-order chi connectivity index (χ1) is 7.95. The van der Waals surface area contributed by atoms with Crippen molar-refractivity contribution in [3.05, 3.63) is 30.1 Å². The number of nitrogens with one attached hydrogen (secondary N) is 1.